The molecule has 0 atom stereocenters. The summed E-state index contributed by atoms with van der Waals surface area (Å²) in [5.41, 5.74) is -0.375. The predicted molar refractivity (Wildman–Crippen MR) is 47.5 cm³/mol. The predicted octanol–water partition coefficient (Wildman–Crippen LogP) is 2.51. The number of carbonyl (C=O) groups is 1. The van der Waals surface area contributed by atoms with Crippen LogP contribution in [0.15, 0.2) is 24.3 Å². The third-order valence-corrected chi connectivity index (χ3v) is 1.42. The van der Waals surface area contributed by atoms with Gasteiger partial charge in [0.1, 0.15) is 0 Å². The van der Waals surface area contributed by atoms with Crippen molar-refractivity contribution in [2.75, 3.05) is 0 Å². The van der Waals surface area contributed by atoms with Crippen LogP contribution in [0.1, 0.15) is 45.1 Å². The zero-order valence-corrected chi connectivity index (χ0v) is 6.16. The molecule has 0 saturated heterocycles. The minimum Gasteiger partial charge on any atom is -0.478 e. The molecular weight excluding hydrogens is 152 g/mol. The van der Waals surface area contributed by atoms with Gasteiger partial charge in [-0.1, -0.05) is 25.8 Å². The largest absolute Gasteiger partial charge is 0.478 e. The van der Waals surface area contributed by atoms with Gasteiger partial charge in [-0.05, 0) is 23.6 Å². The van der Waals surface area contributed by atoms with E-state index < -0.39 is 25.6 Å². The highest BCUT2D eigenvalue weighted by Gasteiger charge is 2.02. The number of aromatic carboxylic acids is 1. The van der Waals surface area contributed by atoms with Crippen LogP contribution in [0, 0.1) is 0 Å². The van der Waals surface area contributed by atoms with Gasteiger partial charge in [0.15, 0.2) is 0 Å². The minimum atomic E-state index is -3.07. The SMILES string of the molecule is [2H]C([2H])([2H])C([2H])(c1ccc(C(=O)O)cc1)C([2H])([2H])[2H]. The van der Waals surface area contributed by atoms with E-state index in [1.165, 1.54) is 0 Å². The van der Waals surface area contributed by atoms with Gasteiger partial charge in [0, 0.05) is 9.60 Å². The highest BCUT2D eigenvalue weighted by Crippen LogP contribution is 2.14. The summed E-state index contributed by atoms with van der Waals surface area (Å²) in [6.07, 6.45) is 0. The molecule has 0 aliphatic carbocycles. The lowest BCUT2D eigenvalue weighted by Crippen LogP contribution is -1.96. The van der Waals surface area contributed by atoms with Crippen LogP contribution in [0.5, 0.6) is 0 Å². The minimum absolute atomic E-state index is 0.109. The monoisotopic (exact) mass is 171 g/mol. The standard InChI is InChI=1S/C10H12O2/c1-7(2)8-3-5-9(6-4-8)10(11)12/h3-7H,1-2H3,(H,11,12)/i1D3,2D3,7D. The first-order valence-electron chi connectivity index (χ1n) is 6.75. The maximum absolute atomic E-state index is 10.7. The van der Waals surface area contributed by atoms with Crippen molar-refractivity contribution in [3.8, 4) is 0 Å². The second-order valence-corrected chi connectivity index (χ2v) is 2.26. The van der Waals surface area contributed by atoms with Crippen LogP contribution in [-0.4, -0.2) is 11.1 Å². The van der Waals surface area contributed by atoms with Crippen LogP contribution >= 0.6 is 0 Å². The topological polar surface area (TPSA) is 37.3 Å². The Morgan fingerprint density at radius 1 is 1.50 bits per heavy atom. The summed E-state index contributed by atoms with van der Waals surface area (Å²) in [6.45, 7) is -6.13. The molecule has 0 aliphatic heterocycles. The fourth-order valence-corrected chi connectivity index (χ4v) is 0.779. The van der Waals surface area contributed by atoms with E-state index in [2.05, 4.69) is 0 Å². The van der Waals surface area contributed by atoms with Crippen molar-refractivity contribution in [3.05, 3.63) is 35.4 Å². The number of carboxylic acids is 1. The molecule has 2 nitrogen and oxygen atoms in total. The van der Waals surface area contributed by atoms with E-state index in [4.69, 9.17) is 14.7 Å². The lowest BCUT2D eigenvalue weighted by molar-refractivity contribution is 0.0697. The average Bonchev–Trinajstić information content (AvgIpc) is 2.25. The normalized spacial score (nSPS) is 21.8. The number of hydrogen-bond acceptors (Lipinski definition) is 1. The van der Waals surface area contributed by atoms with Crippen LogP contribution in [0.2, 0.25) is 0 Å². The first-order valence-corrected chi connectivity index (χ1v) is 3.25. The molecule has 1 rings (SSSR count). The Morgan fingerprint density at radius 2 is 2.08 bits per heavy atom. The number of hydrogen-bond donors (Lipinski definition) is 1. The molecule has 0 unspecified atom stereocenters. The van der Waals surface area contributed by atoms with Crippen LogP contribution < -0.4 is 0 Å². The van der Waals surface area contributed by atoms with Crippen molar-refractivity contribution in [2.45, 2.75) is 19.6 Å². The Kier molecular flexibility index (Phi) is 0.906. The summed E-state index contributed by atoms with van der Waals surface area (Å²) in [4.78, 5) is 10.7. The maximum atomic E-state index is 10.7. The molecule has 0 spiro atoms. The molecule has 12 heavy (non-hydrogen) atoms. The fraction of sp³-hybridized carbons (Fsp3) is 0.300. The van der Waals surface area contributed by atoms with E-state index in [9.17, 15) is 4.79 Å². The van der Waals surface area contributed by atoms with E-state index in [1.54, 1.807) is 0 Å². The Hall–Kier alpha value is -1.31. The van der Waals surface area contributed by atoms with E-state index >= 15 is 0 Å². The van der Waals surface area contributed by atoms with Crippen molar-refractivity contribution in [3.63, 3.8) is 0 Å². The van der Waals surface area contributed by atoms with E-state index in [-0.39, 0.29) is 11.1 Å². The Labute approximate surface area is 81.7 Å². The Morgan fingerprint density at radius 3 is 2.50 bits per heavy atom. The molecular formula is C10H12O2. The quantitative estimate of drug-likeness (QED) is 0.742. The van der Waals surface area contributed by atoms with Gasteiger partial charge in [-0.2, -0.15) is 0 Å². The molecule has 1 aromatic rings. The maximum Gasteiger partial charge on any atom is 0.335 e. The average molecular weight is 171 g/mol. The van der Waals surface area contributed by atoms with Gasteiger partial charge in [0.2, 0.25) is 0 Å². The summed E-state index contributed by atoms with van der Waals surface area (Å²) in [5, 5.41) is 8.73. The third kappa shape index (κ3) is 1.84. The van der Waals surface area contributed by atoms with Crippen molar-refractivity contribution >= 4 is 5.97 Å². The summed E-state index contributed by atoms with van der Waals surface area (Å²) in [5.74, 6) is -4.01. The molecule has 0 saturated carbocycles. The van der Waals surface area contributed by atoms with Gasteiger partial charge in [-0.15, -0.1) is 0 Å². The molecule has 1 aromatic carbocycles. The van der Waals surface area contributed by atoms with Crippen LogP contribution in [0.4, 0.5) is 0 Å². The summed E-state index contributed by atoms with van der Waals surface area (Å²) in [6, 6.07) is 4.27. The smallest absolute Gasteiger partial charge is 0.335 e. The molecule has 0 amide bonds. The van der Waals surface area contributed by atoms with Gasteiger partial charge < -0.3 is 5.11 Å². The molecule has 0 aliphatic rings. The van der Waals surface area contributed by atoms with E-state index in [0.29, 0.717) is 0 Å². The van der Waals surface area contributed by atoms with Crippen molar-refractivity contribution in [2.24, 2.45) is 0 Å². The first kappa shape index (κ1) is 3.21. The number of rotatable bonds is 2. The molecule has 0 heterocycles. The van der Waals surface area contributed by atoms with Crippen LogP contribution in [0.25, 0.3) is 0 Å². The molecule has 0 radical (unpaired) electrons. The highest BCUT2D eigenvalue weighted by molar-refractivity contribution is 5.87. The van der Waals surface area contributed by atoms with Crippen LogP contribution in [0.3, 0.4) is 0 Å². The molecule has 1 N–H and O–H groups in total. The molecule has 0 aromatic heterocycles. The van der Waals surface area contributed by atoms with Crippen molar-refractivity contribution < 1.29 is 19.5 Å². The summed E-state index contributed by atoms with van der Waals surface area (Å²) >= 11 is 0. The zero-order chi connectivity index (χ0) is 15.1. The van der Waals surface area contributed by atoms with Crippen molar-refractivity contribution in [1.82, 2.24) is 0 Å². The summed E-state index contributed by atoms with van der Waals surface area (Å²) < 4.78 is 51.6. The molecule has 2 heteroatoms. The van der Waals surface area contributed by atoms with E-state index in [0.717, 1.165) is 24.3 Å². The van der Waals surface area contributed by atoms with Gasteiger partial charge in [-0.3, -0.25) is 0 Å². The molecule has 0 bridgehead atoms. The highest BCUT2D eigenvalue weighted by atomic mass is 16.4. The second kappa shape index (κ2) is 3.39. The second-order valence-electron chi connectivity index (χ2n) is 2.26. The summed E-state index contributed by atoms with van der Waals surface area (Å²) in [7, 11) is 0. The number of carboxylic acid groups (broad SMARTS) is 1. The Bertz CT molecular complexity index is 458. The van der Waals surface area contributed by atoms with Gasteiger partial charge >= 0.3 is 5.97 Å². The van der Waals surface area contributed by atoms with E-state index in [1.807, 2.05) is 0 Å². The number of benzene rings is 1. The molecule has 0 fully saturated rings. The van der Waals surface area contributed by atoms with Gasteiger partial charge in [0.05, 0.1) is 5.56 Å². The molecule has 64 valence electrons. The fourth-order valence-electron chi connectivity index (χ4n) is 0.779. The lowest BCUT2D eigenvalue weighted by atomic mass is 10.0. The zero-order valence-electron chi connectivity index (χ0n) is 13.2. The van der Waals surface area contributed by atoms with Gasteiger partial charge in [0.25, 0.3) is 0 Å². The van der Waals surface area contributed by atoms with Crippen molar-refractivity contribution in [1.29, 1.82) is 0 Å². The first-order chi connectivity index (χ1) is 8.41. The lowest BCUT2D eigenvalue weighted by Gasteiger charge is -2.04. The van der Waals surface area contributed by atoms with Gasteiger partial charge in [-0.25, -0.2) is 4.79 Å². The Balaban J connectivity index is 3.40. The third-order valence-electron chi connectivity index (χ3n) is 1.42. The van der Waals surface area contributed by atoms with Crippen LogP contribution in [-0.2, 0) is 0 Å².